The normalized spacial score (nSPS) is 13.4. The lowest BCUT2D eigenvalue weighted by Gasteiger charge is -2.26. The average molecular weight is 501 g/mol. The molecule has 0 radical (unpaired) electrons. The smallest absolute Gasteiger partial charge is 0.328 e. The first-order valence-corrected chi connectivity index (χ1v) is 12.2. The minimum atomic E-state index is -0.984. The van der Waals surface area contributed by atoms with Gasteiger partial charge in [0.15, 0.2) is 5.12 Å². The van der Waals surface area contributed by atoms with Crippen LogP contribution in [0.25, 0.3) is 0 Å². The molecule has 0 bridgehead atoms. The SMILES string of the molecule is COC(=O)[C@H](Cc1ccc(O)cc1)NC(=O)[C@@H](NC(=O)[C@H](Cc1ccccc1)SC(C)=O)C(C)C. The van der Waals surface area contributed by atoms with Gasteiger partial charge >= 0.3 is 5.97 Å². The van der Waals surface area contributed by atoms with Gasteiger partial charge in [-0.15, -0.1) is 0 Å². The second-order valence-electron chi connectivity index (χ2n) is 8.47. The van der Waals surface area contributed by atoms with Crippen LogP contribution in [0.1, 0.15) is 31.9 Å². The molecule has 0 aliphatic rings. The first-order valence-electron chi connectivity index (χ1n) is 11.3. The van der Waals surface area contributed by atoms with Gasteiger partial charge in [-0.25, -0.2) is 4.79 Å². The third kappa shape index (κ3) is 9.09. The maximum Gasteiger partial charge on any atom is 0.328 e. The molecule has 0 aliphatic heterocycles. The summed E-state index contributed by atoms with van der Waals surface area (Å²) in [6, 6.07) is 13.7. The Balaban J connectivity index is 2.15. The number of carbonyl (C=O) groups is 4. The maximum atomic E-state index is 13.2. The highest BCUT2D eigenvalue weighted by Crippen LogP contribution is 2.19. The largest absolute Gasteiger partial charge is 0.508 e. The zero-order chi connectivity index (χ0) is 26.0. The quantitative estimate of drug-likeness (QED) is 0.406. The van der Waals surface area contributed by atoms with Crippen molar-refractivity contribution in [2.75, 3.05) is 7.11 Å². The lowest BCUT2D eigenvalue weighted by atomic mass is 10.0. The highest BCUT2D eigenvalue weighted by molar-refractivity contribution is 8.14. The van der Waals surface area contributed by atoms with Crippen molar-refractivity contribution in [2.24, 2.45) is 5.92 Å². The minimum Gasteiger partial charge on any atom is -0.508 e. The third-order valence-electron chi connectivity index (χ3n) is 5.29. The van der Waals surface area contributed by atoms with Crippen molar-refractivity contribution in [3.8, 4) is 5.75 Å². The van der Waals surface area contributed by atoms with Gasteiger partial charge in [-0.1, -0.05) is 68.1 Å². The van der Waals surface area contributed by atoms with E-state index in [0.29, 0.717) is 12.0 Å². The fourth-order valence-electron chi connectivity index (χ4n) is 3.46. The van der Waals surface area contributed by atoms with Gasteiger partial charge in [0.25, 0.3) is 0 Å². The van der Waals surface area contributed by atoms with Crippen molar-refractivity contribution in [3.63, 3.8) is 0 Å². The predicted octanol–water partition coefficient (Wildman–Crippen LogP) is 2.62. The van der Waals surface area contributed by atoms with Crippen LogP contribution in [0.3, 0.4) is 0 Å². The number of hydrogen-bond donors (Lipinski definition) is 3. The third-order valence-corrected chi connectivity index (χ3v) is 6.29. The molecule has 0 unspecified atom stereocenters. The molecular weight excluding hydrogens is 468 g/mol. The van der Waals surface area contributed by atoms with E-state index in [1.165, 1.54) is 26.2 Å². The number of hydrogen-bond acceptors (Lipinski definition) is 7. The second kappa shape index (κ2) is 13.5. The second-order valence-corrected chi connectivity index (χ2v) is 9.85. The molecule has 0 aliphatic carbocycles. The highest BCUT2D eigenvalue weighted by Gasteiger charge is 2.32. The van der Waals surface area contributed by atoms with E-state index in [9.17, 15) is 24.3 Å². The first kappa shape index (κ1) is 27.9. The number of aromatic hydroxyl groups is 1. The number of amides is 2. The van der Waals surface area contributed by atoms with Gasteiger partial charge < -0.3 is 20.5 Å². The average Bonchev–Trinajstić information content (AvgIpc) is 2.82. The molecule has 2 aromatic rings. The van der Waals surface area contributed by atoms with E-state index in [-0.39, 0.29) is 23.2 Å². The highest BCUT2D eigenvalue weighted by atomic mass is 32.2. The van der Waals surface area contributed by atoms with Gasteiger partial charge in [-0.3, -0.25) is 14.4 Å². The van der Waals surface area contributed by atoms with Crippen LogP contribution in [0, 0.1) is 5.92 Å². The Morgan fingerprint density at radius 2 is 1.49 bits per heavy atom. The molecule has 0 saturated heterocycles. The maximum absolute atomic E-state index is 13.2. The van der Waals surface area contributed by atoms with E-state index in [1.54, 1.807) is 26.0 Å². The van der Waals surface area contributed by atoms with Crippen LogP contribution in [0.5, 0.6) is 5.75 Å². The Morgan fingerprint density at radius 3 is 2.03 bits per heavy atom. The summed E-state index contributed by atoms with van der Waals surface area (Å²) in [7, 11) is 1.23. The number of ether oxygens (including phenoxy) is 1. The first-order chi connectivity index (χ1) is 16.6. The summed E-state index contributed by atoms with van der Waals surface area (Å²) in [5.41, 5.74) is 1.61. The molecule has 2 aromatic carbocycles. The van der Waals surface area contributed by atoms with Gasteiger partial charge in [0, 0.05) is 13.3 Å². The van der Waals surface area contributed by atoms with Crippen LogP contribution in [0.15, 0.2) is 54.6 Å². The number of rotatable bonds is 11. The summed E-state index contributed by atoms with van der Waals surface area (Å²) in [5.74, 6) is -1.80. The van der Waals surface area contributed by atoms with Crippen molar-refractivity contribution in [1.82, 2.24) is 10.6 Å². The van der Waals surface area contributed by atoms with Crippen molar-refractivity contribution in [3.05, 3.63) is 65.7 Å². The number of carbonyl (C=O) groups excluding carboxylic acids is 4. The summed E-state index contributed by atoms with van der Waals surface area (Å²) < 4.78 is 4.85. The standard InChI is InChI=1S/C26H32N2O6S/c1-16(2)23(28-24(31)22(35-17(3)29)15-18-8-6-5-7-9-18)25(32)27-21(26(33)34-4)14-19-10-12-20(30)13-11-19/h5-13,16,21-23,30H,14-15H2,1-4H3,(H,27,32)(H,28,31)/t21-,22-,23-/m0/s1. The van der Waals surface area contributed by atoms with Crippen LogP contribution >= 0.6 is 11.8 Å². The van der Waals surface area contributed by atoms with E-state index in [4.69, 9.17) is 4.74 Å². The summed E-state index contributed by atoms with van der Waals surface area (Å²) in [5, 5.41) is 14.0. The van der Waals surface area contributed by atoms with Crippen LogP contribution in [0.4, 0.5) is 0 Å². The van der Waals surface area contributed by atoms with Crippen LogP contribution in [-0.4, -0.2) is 52.4 Å². The van der Waals surface area contributed by atoms with Gasteiger partial charge in [-0.05, 0) is 35.6 Å². The lowest BCUT2D eigenvalue weighted by molar-refractivity contribution is -0.145. The number of methoxy groups -OCH3 is 1. The zero-order valence-electron chi connectivity index (χ0n) is 20.3. The monoisotopic (exact) mass is 500 g/mol. The number of esters is 1. The molecule has 0 spiro atoms. The summed E-state index contributed by atoms with van der Waals surface area (Å²) >= 11 is 0.916. The van der Waals surface area contributed by atoms with E-state index in [1.807, 2.05) is 30.3 Å². The molecule has 0 fully saturated rings. The fourth-order valence-corrected chi connectivity index (χ4v) is 4.31. The minimum absolute atomic E-state index is 0.0866. The van der Waals surface area contributed by atoms with Gasteiger partial charge in [0.2, 0.25) is 11.8 Å². The number of benzene rings is 2. The molecule has 8 nitrogen and oxygen atoms in total. The van der Waals surface area contributed by atoms with Gasteiger partial charge in [0.05, 0.1) is 12.4 Å². The fraction of sp³-hybridized carbons (Fsp3) is 0.385. The number of nitrogens with one attached hydrogen (secondary N) is 2. The van der Waals surface area contributed by atoms with E-state index < -0.39 is 35.1 Å². The zero-order valence-corrected chi connectivity index (χ0v) is 21.1. The topological polar surface area (TPSA) is 122 Å². The molecule has 2 amide bonds. The summed E-state index contributed by atoms with van der Waals surface area (Å²) in [4.78, 5) is 50.4. The molecule has 0 heterocycles. The van der Waals surface area contributed by atoms with Crippen LogP contribution < -0.4 is 10.6 Å². The Bertz CT molecular complexity index is 1010. The van der Waals surface area contributed by atoms with E-state index in [0.717, 1.165) is 17.3 Å². The lowest BCUT2D eigenvalue weighted by Crippen LogP contribution is -2.55. The van der Waals surface area contributed by atoms with Crippen LogP contribution in [-0.2, 0) is 36.8 Å². The molecular formula is C26H32N2O6S. The van der Waals surface area contributed by atoms with Crippen molar-refractivity contribution >= 4 is 34.7 Å². The van der Waals surface area contributed by atoms with Crippen LogP contribution in [0.2, 0.25) is 0 Å². The Kier molecular flexibility index (Phi) is 10.8. The van der Waals surface area contributed by atoms with Crippen molar-refractivity contribution in [2.45, 2.75) is 50.9 Å². The van der Waals surface area contributed by atoms with E-state index in [2.05, 4.69) is 10.6 Å². The van der Waals surface area contributed by atoms with E-state index >= 15 is 0 Å². The number of phenols is 1. The Morgan fingerprint density at radius 1 is 0.886 bits per heavy atom. The Labute approximate surface area is 209 Å². The van der Waals surface area contributed by atoms with Crippen molar-refractivity contribution < 1.29 is 29.0 Å². The molecule has 0 saturated carbocycles. The molecule has 3 N–H and O–H groups in total. The summed E-state index contributed by atoms with van der Waals surface area (Å²) in [6.07, 6.45) is 0.475. The van der Waals surface area contributed by atoms with Crippen molar-refractivity contribution in [1.29, 1.82) is 0 Å². The van der Waals surface area contributed by atoms with Gasteiger partial charge in [-0.2, -0.15) is 0 Å². The predicted molar refractivity (Wildman–Crippen MR) is 135 cm³/mol. The van der Waals surface area contributed by atoms with Gasteiger partial charge in [0.1, 0.15) is 17.8 Å². The molecule has 2 rings (SSSR count). The Hall–Kier alpha value is -3.33. The molecule has 9 heteroatoms. The number of thioether (sulfide) groups is 1. The molecule has 35 heavy (non-hydrogen) atoms. The summed E-state index contributed by atoms with van der Waals surface area (Å²) in [6.45, 7) is 4.96. The molecule has 3 atom stereocenters. The number of phenolic OH excluding ortho intramolecular Hbond substituents is 1. The molecule has 0 aromatic heterocycles. The molecule has 188 valence electrons.